The summed E-state index contributed by atoms with van der Waals surface area (Å²) in [6.07, 6.45) is -1.07. The van der Waals surface area contributed by atoms with Crippen LogP contribution in [-0.2, 0) is 4.74 Å². The molecule has 1 rings (SSSR count). The second kappa shape index (κ2) is 6.02. The van der Waals surface area contributed by atoms with Gasteiger partial charge in [-0.3, -0.25) is 4.74 Å². The van der Waals surface area contributed by atoms with Crippen LogP contribution in [0.3, 0.4) is 0 Å². The second-order valence-corrected chi connectivity index (χ2v) is 4.90. The van der Waals surface area contributed by atoms with Crippen LogP contribution in [-0.4, -0.2) is 36.8 Å². The van der Waals surface area contributed by atoms with E-state index in [0.717, 1.165) is 12.8 Å². The minimum atomic E-state index is -4.57. The van der Waals surface area contributed by atoms with E-state index in [1.165, 1.54) is 0 Å². The van der Waals surface area contributed by atoms with Crippen LogP contribution in [0.2, 0.25) is 0 Å². The highest BCUT2D eigenvalue weighted by molar-refractivity contribution is 4.86. The van der Waals surface area contributed by atoms with Gasteiger partial charge in [0.25, 0.3) is 0 Å². The van der Waals surface area contributed by atoms with Crippen LogP contribution in [0.4, 0.5) is 13.2 Å². The predicted molar refractivity (Wildman–Crippen MR) is 57.5 cm³/mol. The van der Waals surface area contributed by atoms with Gasteiger partial charge in [0.2, 0.25) is 0 Å². The number of nitrogens with one attached hydrogen (secondary N) is 1. The van der Waals surface area contributed by atoms with Crippen molar-refractivity contribution in [2.75, 3.05) is 19.7 Å². The van der Waals surface area contributed by atoms with E-state index in [1.807, 2.05) is 0 Å². The number of halogens is 3. The lowest BCUT2D eigenvalue weighted by Crippen LogP contribution is -2.44. The number of hydrogen-bond donors (Lipinski definition) is 2. The molecule has 2 N–H and O–H groups in total. The highest BCUT2D eigenvalue weighted by Gasteiger charge is 2.32. The average Bonchev–Trinajstić information content (AvgIpc) is 2.14. The summed E-state index contributed by atoms with van der Waals surface area (Å²) in [5, 5.41) is 13.0. The highest BCUT2D eigenvalue weighted by Crippen LogP contribution is 2.31. The Morgan fingerprint density at radius 1 is 1.47 bits per heavy atom. The van der Waals surface area contributed by atoms with Crippen LogP contribution in [0.1, 0.15) is 32.6 Å². The van der Waals surface area contributed by atoms with Gasteiger partial charge < -0.3 is 10.4 Å². The number of ether oxygens (including phenoxy) is 1. The molecule has 17 heavy (non-hydrogen) atoms. The molecule has 1 fully saturated rings. The molecular formula is C11H20F3NO2. The van der Waals surface area contributed by atoms with E-state index in [1.54, 1.807) is 0 Å². The largest absolute Gasteiger partial charge is 0.522 e. The molecule has 0 aromatic carbocycles. The zero-order valence-corrected chi connectivity index (χ0v) is 10.0. The molecule has 0 amide bonds. The fraction of sp³-hybridized carbons (Fsp3) is 1.00. The first-order valence-electron chi connectivity index (χ1n) is 5.94. The van der Waals surface area contributed by atoms with Crippen LogP contribution in [0.25, 0.3) is 0 Å². The summed E-state index contributed by atoms with van der Waals surface area (Å²) in [6.45, 7) is 2.08. The van der Waals surface area contributed by atoms with Crippen LogP contribution in [0.5, 0.6) is 0 Å². The maximum atomic E-state index is 11.7. The van der Waals surface area contributed by atoms with Gasteiger partial charge >= 0.3 is 6.36 Å². The van der Waals surface area contributed by atoms with Crippen molar-refractivity contribution in [1.82, 2.24) is 5.32 Å². The van der Waals surface area contributed by atoms with Crippen molar-refractivity contribution in [3.63, 3.8) is 0 Å². The van der Waals surface area contributed by atoms with Crippen molar-refractivity contribution in [2.45, 2.75) is 44.6 Å². The van der Waals surface area contributed by atoms with Gasteiger partial charge in [-0.2, -0.15) is 0 Å². The molecule has 1 saturated carbocycles. The third-order valence-corrected chi connectivity index (χ3v) is 3.07. The quantitative estimate of drug-likeness (QED) is 0.739. The third-order valence-electron chi connectivity index (χ3n) is 3.07. The molecule has 2 unspecified atom stereocenters. The summed E-state index contributed by atoms with van der Waals surface area (Å²) in [4.78, 5) is 0. The fourth-order valence-electron chi connectivity index (χ4n) is 2.35. The van der Waals surface area contributed by atoms with Crippen molar-refractivity contribution in [3.05, 3.63) is 0 Å². The molecule has 0 heterocycles. The average molecular weight is 255 g/mol. The summed E-state index contributed by atoms with van der Waals surface area (Å²) < 4.78 is 38.6. The second-order valence-electron chi connectivity index (χ2n) is 4.90. The minimum absolute atomic E-state index is 0.0935. The molecular weight excluding hydrogens is 235 g/mol. The van der Waals surface area contributed by atoms with E-state index < -0.39 is 18.6 Å². The highest BCUT2D eigenvalue weighted by atomic mass is 19.4. The molecule has 0 saturated heterocycles. The van der Waals surface area contributed by atoms with Gasteiger partial charge in [0.05, 0.1) is 12.2 Å². The topological polar surface area (TPSA) is 41.5 Å². The van der Waals surface area contributed by atoms with Crippen molar-refractivity contribution in [1.29, 1.82) is 0 Å². The van der Waals surface area contributed by atoms with Crippen molar-refractivity contribution in [3.8, 4) is 0 Å². The van der Waals surface area contributed by atoms with Crippen LogP contribution in [0, 0.1) is 5.92 Å². The molecule has 1 aliphatic carbocycles. The van der Waals surface area contributed by atoms with Crippen LogP contribution in [0.15, 0.2) is 0 Å². The molecule has 2 atom stereocenters. The molecule has 0 radical (unpaired) electrons. The van der Waals surface area contributed by atoms with Crippen molar-refractivity contribution < 1.29 is 23.0 Å². The zero-order valence-electron chi connectivity index (χ0n) is 10.0. The Morgan fingerprint density at radius 2 is 2.18 bits per heavy atom. The van der Waals surface area contributed by atoms with E-state index in [9.17, 15) is 18.3 Å². The van der Waals surface area contributed by atoms with E-state index in [0.29, 0.717) is 25.3 Å². The summed E-state index contributed by atoms with van der Waals surface area (Å²) >= 11 is 0. The van der Waals surface area contributed by atoms with Gasteiger partial charge in [0.15, 0.2) is 0 Å². The Balaban J connectivity index is 2.13. The van der Waals surface area contributed by atoms with Crippen molar-refractivity contribution >= 4 is 0 Å². The zero-order chi connectivity index (χ0) is 12.9. The Bertz CT molecular complexity index is 235. The number of rotatable bonds is 5. The molecule has 102 valence electrons. The smallest absolute Gasteiger partial charge is 0.389 e. The number of alkyl halides is 3. The van der Waals surface area contributed by atoms with Gasteiger partial charge in [-0.15, -0.1) is 13.2 Å². The molecule has 0 aromatic heterocycles. The third kappa shape index (κ3) is 6.24. The summed E-state index contributed by atoms with van der Waals surface area (Å²) in [5.74, 6) is 0.474. The maximum absolute atomic E-state index is 11.7. The lowest BCUT2D eigenvalue weighted by molar-refractivity contribution is -0.323. The van der Waals surface area contributed by atoms with E-state index in [-0.39, 0.29) is 6.54 Å². The lowest BCUT2D eigenvalue weighted by atomic mass is 9.79. The van der Waals surface area contributed by atoms with Gasteiger partial charge in [-0.05, 0) is 18.8 Å². The monoisotopic (exact) mass is 255 g/mol. The summed E-state index contributed by atoms with van der Waals surface area (Å²) in [7, 11) is 0. The Labute approximate surface area is 99.3 Å². The minimum Gasteiger partial charge on any atom is -0.389 e. The standard InChI is InChI=1S/C11H20F3NO2/c1-9-3-2-4-10(16,7-9)8-15-5-6-17-11(12,13)14/h9,15-16H,2-8H2,1H3. The first kappa shape index (κ1) is 14.7. The number of hydrogen-bond acceptors (Lipinski definition) is 3. The molecule has 6 heteroatoms. The normalized spacial score (nSPS) is 30.5. The Morgan fingerprint density at radius 3 is 2.76 bits per heavy atom. The summed E-state index contributed by atoms with van der Waals surface area (Å²) in [5.41, 5.74) is -0.768. The van der Waals surface area contributed by atoms with Crippen LogP contribution >= 0.6 is 0 Å². The Hall–Kier alpha value is -0.330. The first-order chi connectivity index (χ1) is 7.81. The lowest BCUT2D eigenvalue weighted by Gasteiger charge is -2.35. The van der Waals surface area contributed by atoms with E-state index in [4.69, 9.17) is 0 Å². The van der Waals surface area contributed by atoms with Gasteiger partial charge in [-0.1, -0.05) is 19.8 Å². The van der Waals surface area contributed by atoms with E-state index >= 15 is 0 Å². The van der Waals surface area contributed by atoms with Gasteiger partial charge in [0, 0.05) is 13.1 Å². The molecule has 3 nitrogen and oxygen atoms in total. The van der Waals surface area contributed by atoms with Gasteiger partial charge in [0.1, 0.15) is 0 Å². The first-order valence-corrected chi connectivity index (χ1v) is 5.94. The molecule has 1 aliphatic rings. The van der Waals surface area contributed by atoms with E-state index in [2.05, 4.69) is 17.0 Å². The molecule has 0 aliphatic heterocycles. The Kier molecular flexibility index (Phi) is 5.22. The maximum Gasteiger partial charge on any atom is 0.522 e. The summed E-state index contributed by atoms with van der Waals surface area (Å²) in [6, 6.07) is 0. The molecule has 0 spiro atoms. The molecule has 0 aromatic rings. The SMILES string of the molecule is CC1CCCC(O)(CNCCOC(F)(F)F)C1. The number of aliphatic hydroxyl groups is 1. The predicted octanol–water partition coefficient (Wildman–Crippen LogP) is 2.05. The fourth-order valence-corrected chi connectivity index (χ4v) is 2.35. The van der Waals surface area contributed by atoms with Crippen LogP contribution < -0.4 is 5.32 Å². The van der Waals surface area contributed by atoms with Gasteiger partial charge in [-0.25, -0.2) is 0 Å². The van der Waals surface area contributed by atoms with Crippen molar-refractivity contribution in [2.24, 2.45) is 5.92 Å². The molecule has 0 bridgehead atoms.